The first-order valence-electron chi connectivity index (χ1n) is 9.57. The molecule has 0 aliphatic carbocycles. The SMILES string of the molecule is CCSc1cc(OC(C)=O)cc2c1c1ccccc1n2CCc1ccccc1. The fourth-order valence-corrected chi connectivity index (χ4v) is 4.60. The molecule has 28 heavy (non-hydrogen) atoms. The smallest absolute Gasteiger partial charge is 0.308 e. The summed E-state index contributed by atoms with van der Waals surface area (Å²) in [6.45, 7) is 4.46. The standard InChI is InChI=1S/C24H23NO2S/c1-3-28-23-16-19(27-17(2)26)15-22-24(23)20-11-7-8-12-21(20)25(22)14-13-18-9-5-4-6-10-18/h4-12,15-16H,3,13-14H2,1-2H3. The van der Waals surface area contributed by atoms with E-state index in [1.54, 1.807) is 11.8 Å². The number of para-hydroxylation sites is 1. The molecule has 4 heteroatoms. The number of benzene rings is 3. The highest BCUT2D eigenvalue weighted by Gasteiger charge is 2.16. The van der Waals surface area contributed by atoms with Gasteiger partial charge in [0.2, 0.25) is 0 Å². The molecule has 0 spiro atoms. The van der Waals surface area contributed by atoms with E-state index in [1.165, 1.54) is 28.8 Å². The van der Waals surface area contributed by atoms with Crippen LogP contribution in [0.3, 0.4) is 0 Å². The molecular formula is C24H23NO2S. The fourth-order valence-electron chi connectivity index (χ4n) is 3.73. The van der Waals surface area contributed by atoms with Gasteiger partial charge in [-0.15, -0.1) is 11.8 Å². The van der Waals surface area contributed by atoms with Crippen LogP contribution in [-0.2, 0) is 17.8 Å². The van der Waals surface area contributed by atoms with Crippen LogP contribution >= 0.6 is 11.8 Å². The van der Waals surface area contributed by atoms with E-state index < -0.39 is 0 Å². The first-order chi connectivity index (χ1) is 13.7. The van der Waals surface area contributed by atoms with Gasteiger partial charge >= 0.3 is 5.97 Å². The van der Waals surface area contributed by atoms with Gasteiger partial charge in [-0.25, -0.2) is 0 Å². The Hall–Kier alpha value is -2.72. The van der Waals surface area contributed by atoms with Crippen LogP contribution in [0.1, 0.15) is 19.4 Å². The number of carbonyl (C=O) groups excluding carboxylic acids is 1. The summed E-state index contributed by atoms with van der Waals surface area (Å²) in [6.07, 6.45) is 0.947. The van der Waals surface area contributed by atoms with Gasteiger partial charge < -0.3 is 9.30 Å². The predicted octanol–water partition coefficient (Wildman–Crippen LogP) is 6.07. The summed E-state index contributed by atoms with van der Waals surface area (Å²) in [4.78, 5) is 12.7. The molecule has 0 bridgehead atoms. The highest BCUT2D eigenvalue weighted by atomic mass is 32.2. The van der Waals surface area contributed by atoms with Gasteiger partial charge in [0.1, 0.15) is 5.75 Å². The van der Waals surface area contributed by atoms with E-state index in [-0.39, 0.29) is 5.97 Å². The van der Waals surface area contributed by atoms with Crippen LogP contribution in [0, 0.1) is 0 Å². The number of aromatic nitrogens is 1. The van der Waals surface area contributed by atoms with E-state index in [4.69, 9.17) is 4.74 Å². The summed E-state index contributed by atoms with van der Waals surface area (Å²) < 4.78 is 7.81. The summed E-state index contributed by atoms with van der Waals surface area (Å²) in [6, 6.07) is 23.0. The van der Waals surface area contributed by atoms with Gasteiger partial charge in [0.25, 0.3) is 0 Å². The molecule has 3 nitrogen and oxygen atoms in total. The van der Waals surface area contributed by atoms with Crippen molar-refractivity contribution in [1.82, 2.24) is 4.57 Å². The second-order valence-electron chi connectivity index (χ2n) is 6.75. The molecule has 0 atom stereocenters. The first-order valence-corrected chi connectivity index (χ1v) is 10.6. The van der Waals surface area contributed by atoms with Crippen molar-refractivity contribution < 1.29 is 9.53 Å². The van der Waals surface area contributed by atoms with Crippen molar-refractivity contribution in [1.29, 1.82) is 0 Å². The third-order valence-electron chi connectivity index (χ3n) is 4.84. The molecule has 1 aromatic heterocycles. The van der Waals surface area contributed by atoms with Gasteiger partial charge in [-0.05, 0) is 29.9 Å². The van der Waals surface area contributed by atoms with Crippen LogP contribution in [0.2, 0.25) is 0 Å². The van der Waals surface area contributed by atoms with E-state index in [0.29, 0.717) is 5.75 Å². The number of fused-ring (bicyclic) bond motifs is 3. The highest BCUT2D eigenvalue weighted by Crippen LogP contribution is 2.39. The molecule has 0 unspecified atom stereocenters. The Morgan fingerprint density at radius 1 is 1.00 bits per heavy atom. The van der Waals surface area contributed by atoms with Crippen molar-refractivity contribution in [3.8, 4) is 5.75 Å². The van der Waals surface area contributed by atoms with Crippen LogP contribution in [0.15, 0.2) is 71.6 Å². The topological polar surface area (TPSA) is 31.2 Å². The molecule has 0 aliphatic heterocycles. The van der Waals surface area contributed by atoms with Gasteiger partial charge in [-0.2, -0.15) is 0 Å². The quantitative estimate of drug-likeness (QED) is 0.228. The van der Waals surface area contributed by atoms with Crippen molar-refractivity contribution in [2.24, 2.45) is 0 Å². The molecule has 142 valence electrons. The maximum atomic E-state index is 11.6. The van der Waals surface area contributed by atoms with E-state index in [2.05, 4.69) is 60.0 Å². The number of aryl methyl sites for hydroxylation is 2. The summed E-state index contributed by atoms with van der Waals surface area (Å²) in [5, 5.41) is 2.49. The molecule has 0 saturated heterocycles. The number of rotatable bonds is 6. The van der Waals surface area contributed by atoms with Crippen LogP contribution in [-0.4, -0.2) is 16.3 Å². The minimum Gasteiger partial charge on any atom is -0.427 e. The molecule has 0 amide bonds. The lowest BCUT2D eigenvalue weighted by Gasteiger charge is -2.10. The molecule has 3 aromatic carbocycles. The molecule has 4 aromatic rings. The Kier molecular flexibility index (Phi) is 5.40. The van der Waals surface area contributed by atoms with Gasteiger partial charge in [0, 0.05) is 40.7 Å². The second kappa shape index (κ2) is 8.11. The lowest BCUT2D eigenvalue weighted by Crippen LogP contribution is -2.03. The average molecular weight is 390 g/mol. The van der Waals surface area contributed by atoms with Crippen LogP contribution in [0.4, 0.5) is 0 Å². The molecule has 0 radical (unpaired) electrons. The zero-order chi connectivity index (χ0) is 19.5. The van der Waals surface area contributed by atoms with Crippen molar-refractivity contribution in [3.05, 3.63) is 72.3 Å². The summed E-state index contributed by atoms with van der Waals surface area (Å²) in [5.74, 6) is 1.28. The second-order valence-corrected chi connectivity index (χ2v) is 8.05. The molecule has 0 fully saturated rings. The lowest BCUT2D eigenvalue weighted by atomic mass is 10.1. The molecule has 0 N–H and O–H groups in total. The maximum absolute atomic E-state index is 11.6. The Bertz CT molecular complexity index is 1130. The average Bonchev–Trinajstić information content (AvgIpc) is 3.00. The summed E-state index contributed by atoms with van der Waals surface area (Å²) >= 11 is 1.78. The Balaban J connectivity index is 1.90. The molecule has 1 heterocycles. The lowest BCUT2D eigenvalue weighted by molar-refractivity contribution is -0.131. The normalized spacial score (nSPS) is 11.2. The minimum absolute atomic E-state index is 0.293. The third kappa shape index (κ3) is 3.65. The van der Waals surface area contributed by atoms with Crippen LogP contribution < -0.4 is 4.74 Å². The zero-order valence-electron chi connectivity index (χ0n) is 16.1. The minimum atomic E-state index is -0.293. The number of carbonyl (C=O) groups is 1. The number of thioether (sulfide) groups is 1. The van der Waals surface area contributed by atoms with Crippen molar-refractivity contribution >= 4 is 39.5 Å². The monoisotopic (exact) mass is 389 g/mol. The Labute approximate surface area is 169 Å². The number of nitrogens with zero attached hydrogens (tertiary/aromatic N) is 1. The molecular weight excluding hydrogens is 366 g/mol. The number of hydrogen-bond acceptors (Lipinski definition) is 3. The largest absolute Gasteiger partial charge is 0.427 e. The predicted molar refractivity (Wildman–Crippen MR) is 117 cm³/mol. The number of hydrogen-bond donors (Lipinski definition) is 0. The summed E-state index contributed by atoms with van der Waals surface area (Å²) in [5.41, 5.74) is 3.64. The Morgan fingerprint density at radius 3 is 2.50 bits per heavy atom. The zero-order valence-corrected chi connectivity index (χ0v) is 17.0. The van der Waals surface area contributed by atoms with Crippen LogP contribution in [0.5, 0.6) is 5.75 Å². The highest BCUT2D eigenvalue weighted by molar-refractivity contribution is 7.99. The van der Waals surface area contributed by atoms with Crippen molar-refractivity contribution in [2.45, 2.75) is 31.7 Å². The first kappa shape index (κ1) is 18.6. The van der Waals surface area contributed by atoms with Gasteiger partial charge in [0.05, 0.1) is 5.52 Å². The van der Waals surface area contributed by atoms with E-state index >= 15 is 0 Å². The van der Waals surface area contributed by atoms with E-state index in [0.717, 1.165) is 29.1 Å². The van der Waals surface area contributed by atoms with Gasteiger partial charge in [-0.1, -0.05) is 55.5 Å². The van der Waals surface area contributed by atoms with E-state index in [9.17, 15) is 4.79 Å². The molecule has 0 aliphatic rings. The fraction of sp³-hybridized carbons (Fsp3) is 0.208. The van der Waals surface area contributed by atoms with Gasteiger partial charge in [0.15, 0.2) is 0 Å². The number of ether oxygens (including phenoxy) is 1. The summed E-state index contributed by atoms with van der Waals surface area (Å²) in [7, 11) is 0. The van der Waals surface area contributed by atoms with Gasteiger partial charge in [-0.3, -0.25) is 4.79 Å². The van der Waals surface area contributed by atoms with Crippen molar-refractivity contribution in [3.63, 3.8) is 0 Å². The van der Waals surface area contributed by atoms with Crippen LogP contribution in [0.25, 0.3) is 21.8 Å². The molecule has 4 rings (SSSR count). The van der Waals surface area contributed by atoms with Crippen molar-refractivity contribution in [2.75, 3.05) is 5.75 Å². The number of esters is 1. The molecule has 0 saturated carbocycles. The maximum Gasteiger partial charge on any atom is 0.308 e. The third-order valence-corrected chi connectivity index (χ3v) is 5.76. The Morgan fingerprint density at radius 2 is 1.75 bits per heavy atom. The van der Waals surface area contributed by atoms with E-state index in [1.807, 2.05) is 18.2 Å².